The number of hydrogen-bond acceptors (Lipinski definition) is 2. The van der Waals surface area contributed by atoms with Gasteiger partial charge in [-0.3, -0.25) is 4.90 Å². The maximum absolute atomic E-state index is 6.52. The molecule has 4 heteroatoms. The highest BCUT2D eigenvalue weighted by molar-refractivity contribution is 9.10. The molecule has 0 aromatic heterocycles. The van der Waals surface area contributed by atoms with Crippen molar-refractivity contribution in [3.05, 3.63) is 27.7 Å². The van der Waals surface area contributed by atoms with E-state index in [1.54, 1.807) is 0 Å². The van der Waals surface area contributed by atoms with E-state index in [4.69, 9.17) is 11.6 Å². The van der Waals surface area contributed by atoms with Gasteiger partial charge in [-0.25, -0.2) is 0 Å². The van der Waals surface area contributed by atoms with Crippen LogP contribution < -0.4 is 4.90 Å². The van der Waals surface area contributed by atoms with Gasteiger partial charge >= 0.3 is 0 Å². The Morgan fingerprint density at radius 3 is 2.76 bits per heavy atom. The van der Waals surface area contributed by atoms with Crippen molar-refractivity contribution in [2.75, 3.05) is 24.5 Å². The van der Waals surface area contributed by atoms with Gasteiger partial charge in [0.25, 0.3) is 0 Å². The van der Waals surface area contributed by atoms with Crippen molar-refractivity contribution in [3.63, 3.8) is 0 Å². The normalized spacial score (nSPS) is 27.0. The van der Waals surface area contributed by atoms with Gasteiger partial charge in [-0.1, -0.05) is 47.8 Å². The molecule has 3 rings (SSSR count). The predicted octanol–water partition coefficient (Wildman–Crippen LogP) is 4.80. The van der Waals surface area contributed by atoms with E-state index >= 15 is 0 Å². The Labute approximate surface area is 141 Å². The van der Waals surface area contributed by atoms with Gasteiger partial charge in [0, 0.05) is 29.6 Å². The number of rotatable bonds is 2. The first-order chi connectivity index (χ1) is 10.1. The number of piperidine rings is 1. The summed E-state index contributed by atoms with van der Waals surface area (Å²) >= 11 is 10.0. The van der Waals surface area contributed by atoms with Crippen LogP contribution in [0.5, 0.6) is 0 Å². The van der Waals surface area contributed by atoms with Gasteiger partial charge in [0.2, 0.25) is 0 Å². The third-order valence-electron chi connectivity index (χ3n) is 4.97. The van der Waals surface area contributed by atoms with Gasteiger partial charge in [0.1, 0.15) is 0 Å². The Balaban J connectivity index is 1.90. The summed E-state index contributed by atoms with van der Waals surface area (Å²) in [7, 11) is 0. The van der Waals surface area contributed by atoms with Crippen LogP contribution in [0.15, 0.2) is 22.7 Å². The van der Waals surface area contributed by atoms with E-state index in [1.165, 1.54) is 38.0 Å². The summed E-state index contributed by atoms with van der Waals surface area (Å²) in [6.07, 6.45) is 4.06. The molecule has 1 aromatic carbocycles. The molecule has 0 N–H and O–H groups in total. The lowest BCUT2D eigenvalue weighted by molar-refractivity contribution is 0.100. The van der Waals surface area contributed by atoms with Gasteiger partial charge in [-0.05, 0) is 43.5 Å². The molecule has 2 heterocycles. The first kappa shape index (κ1) is 15.6. The number of piperazine rings is 1. The molecule has 0 bridgehead atoms. The molecule has 0 amide bonds. The molecule has 2 aliphatic heterocycles. The lowest BCUT2D eigenvalue weighted by Gasteiger charge is -2.51. The second kappa shape index (κ2) is 6.47. The molecule has 0 spiro atoms. The van der Waals surface area contributed by atoms with Crippen molar-refractivity contribution in [1.29, 1.82) is 0 Å². The van der Waals surface area contributed by atoms with Crippen LogP contribution in [0.25, 0.3) is 0 Å². The monoisotopic (exact) mass is 370 g/mol. The quantitative estimate of drug-likeness (QED) is 0.736. The van der Waals surface area contributed by atoms with Crippen LogP contribution in [-0.2, 0) is 0 Å². The second-order valence-corrected chi connectivity index (χ2v) is 8.03. The molecule has 2 saturated heterocycles. The van der Waals surface area contributed by atoms with Crippen molar-refractivity contribution in [1.82, 2.24) is 4.90 Å². The zero-order valence-electron chi connectivity index (χ0n) is 12.9. The lowest BCUT2D eigenvalue weighted by atomic mass is 9.91. The number of halogens is 2. The highest BCUT2D eigenvalue weighted by atomic mass is 79.9. The molecule has 2 nitrogen and oxygen atoms in total. The highest BCUT2D eigenvalue weighted by Gasteiger charge is 2.36. The predicted molar refractivity (Wildman–Crippen MR) is 94.3 cm³/mol. The van der Waals surface area contributed by atoms with Crippen molar-refractivity contribution in [2.24, 2.45) is 5.92 Å². The Bertz CT molecular complexity index is 506. The van der Waals surface area contributed by atoms with Crippen molar-refractivity contribution < 1.29 is 0 Å². The summed E-state index contributed by atoms with van der Waals surface area (Å²) in [5.41, 5.74) is 1.20. The molecule has 0 radical (unpaired) electrons. The van der Waals surface area contributed by atoms with Gasteiger partial charge in [-0.2, -0.15) is 0 Å². The van der Waals surface area contributed by atoms with Crippen molar-refractivity contribution in [2.45, 2.75) is 45.2 Å². The van der Waals surface area contributed by atoms with Crippen molar-refractivity contribution in [3.8, 4) is 0 Å². The molecule has 2 fully saturated rings. The minimum absolute atomic E-state index is 0.554. The fourth-order valence-electron chi connectivity index (χ4n) is 3.77. The van der Waals surface area contributed by atoms with Gasteiger partial charge in [0.05, 0.1) is 10.7 Å². The minimum atomic E-state index is 0.554. The fourth-order valence-corrected chi connectivity index (χ4v) is 4.55. The van der Waals surface area contributed by atoms with Crippen LogP contribution in [0.4, 0.5) is 5.69 Å². The number of hydrogen-bond donors (Lipinski definition) is 0. The summed E-state index contributed by atoms with van der Waals surface area (Å²) in [6.45, 7) is 8.22. The molecule has 21 heavy (non-hydrogen) atoms. The maximum atomic E-state index is 6.52. The van der Waals surface area contributed by atoms with Gasteiger partial charge in [0.15, 0.2) is 0 Å². The van der Waals surface area contributed by atoms with E-state index in [0.29, 0.717) is 18.0 Å². The summed E-state index contributed by atoms with van der Waals surface area (Å²) in [5, 5.41) is 0.860. The topological polar surface area (TPSA) is 6.48 Å². The van der Waals surface area contributed by atoms with Gasteiger partial charge < -0.3 is 4.90 Å². The standard InChI is InChI=1S/C17H24BrClN2/c1-12(2)17-11-20-8-4-3-5-14(20)10-21(17)16-7-6-13(18)9-15(16)19/h6-7,9,12,14,17H,3-5,8,10-11H2,1-2H3. The zero-order valence-corrected chi connectivity index (χ0v) is 15.2. The fraction of sp³-hybridized carbons (Fsp3) is 0.647. The van der Waals surface area contributed by atoms with E-state index in [1.807, 2.05) is 6.07 Å². The summed E-state index contributed by atoms with van der Waals surface area (Å²) in [5.74, 6) is 0.632. The van der Waals surface area contributed by atoms with Crippen LogP contribution in [-0.4, -0.2) is 36.6 Å². The smallest absolute Gasteiger partial charge is 0.0650 e. The highest BCUT2D eigenvalue weighted by Crippen LogP contribution is 2.35. The number of nitrogens with zero attached hydrogens (tertiary/aromatic N) is 2. The largest absolute Gasteiger partial charge is 0.364 e. The van der Waals surface area contributed by atoms with E-state index in [2.05, 4.69) is 51.7 Å². The lowest BCUT2D eigenvalue weighted by Crippen LogP contribution is -2.61. The van der Waals surface area contributed by atoms with E-state index in [-0.39, 0.29) is 0 Å². The molecule has 116 valence electrons. The zero-order chi connectivity index (χ0) is 15.0. The number of benzene rings is 1. The molecular formula is C17H24BrClN2. The molecule has 2 atom stereocenters. The summed E-state index contributed by atoms with van der Waals surface area (Å²) in [6, 6.07) is 7.54. The minimum Gasteiger partial charge on any atom is -0.364 e. The molecule has 2 unspecified atom stereocenters. The van der Waals surface area contributed by atoms with E-state index in [9.17, 15) is 0 Å². The third-order valence-corrected chi connectivity index (χ3v) is 5.76. The Hall–Kier alpha value is -0.250. The second-order valence-electron chi connectivity index (χ2n) is 6.70. The van der Waals surface area contributed by atoms with Crippen molar-refractivity contribution >= 4 is 33.2 Å². The molecular weight excluding hydrogens is 348 g/mol. The molecule has 0 saturated carbocycles. The first-order valence-corrected chi connectivity index (χ1v) is 9.19. The van der Waals surface area contributed by atoms with E-state index < -0.39 is 0 Å². The molecule has 0 aliphatic carbocycles. The first-order valence-electron chi connectivity index (χ1n) is 8.02. The third kappa shape index (κ3) is 3.25. The summed E-state index contributed by atoms with van der Waals surface area (Å²) < 4.78 is 1.05. The number of fused-ring (bicyclic) bond motifs is 1. The van der Waals surface area contributed by atoms with Crippen LogP contribution >= 0.6 is 27.5 Å². The van der Waals surface area contributed by atoms with Crippen LogP contribution in [0.2, 0.25) is 5.02 Å². The van der Waals surface area contributed by atoms with Crippen LogP contribution in [0, 0.1) is 5.92 Å². The maximum Gasteiger partial charge on any atom is 0.0650 e. The average molecular weight is 372 g/mol. The SMILES string of the molecule is CC(C)C1CN2CCCCC2CN1c1ccc(Br)cc1Cl. The van der Waals surface area contributed by atoms with Crippen LogP contribution in [0.3, 0.4) is 0 Å². The summed E-state index contributed by atoms with van der Waals surface area (Å²) in [4.78, 5) is 5.27. The van der Waals surface area contributed by atoms with Crippen LogP contribution in [0.1, 0.15) is 33.1 Å². The Morgan fingerprint density at radius 1 is 1.24 bits per heavy atom. The van der Waals surface area contributed by atoms with Gasteiger partial charge in [-0.15, -0.1) is 0 Å². The molecule has 1 aromatic rings. The number of anilines is 1. The van der Waals surface area contributed by atoms with E-state index in [0.717, 1.165) is 16.0 Å². The average Bonchev–Trinajstić information content (AvgIpc) is 2.46. The Morgan fingerprint density at radius 2 is 2.05 bits per heavy atom. The molecule has 2 aliphatic rings. The Kier molecular flexibility index (Phi) is 4.82.